The van der Waals surface area contributed by atoms with Gasteiger partial charge >= 0.3 is 0 Å². The average Bonchev–Trinajstić information content (AvgIpc) is 2.81. The van der Waals surface area contributed by atoms with E-state index in [1.807, 2.05) is 0 Å². The van der Waals surface area contributed by atoms with E-state index in [1.165, 1.54) is 50.5 Å². The Morgan fingerprint density at radius 1 is 1.08 bits per heavy atom. The molecular weight excluding hydrogens is 288 g/mol. The highest BCUT2D eigenvalue weighted by Crippen LogP contribution is 2.70. The molecule has 2 fully saturated rings. The van der Waals surface area contributed by atoms with Gasteiger partial charge in [-0.25, -0.2) is 0 Å². The fourth-order valence-electron chi connectivity index (χ4n) is 7.60. The van der Waals surface area contributed by atoms with Crippen LogP contribution in [0.4, 0.5) is 0 Å². The lowest BCUT2D eigenvalue weighted by molar-refractivity contribution is -0.0351. The van der Waals surface area contributed by atoms with Crippen LogP contribution in [0.1, 0.15) is 79.6 Å². The lowest BCUT2D eigenvalue weighted by Crippen LogP contribution is -2.51. The zero-order valence-corrected chi connectivity index (χ0v) is 16.5. The summed E-state index contributed by atoms with van der Waals surface area (Å²) in [6.45, 7) is 16.8. The van der Waals surface area contributed by atoms with Gasteiger partial charge < -0.3 is 0 Å². The molecule has 0 aromatic carbocycles. The van der Waals surface area contributed by atoms with Crippen LogP contribution >= 0.6 is 0 Å². The molecule has 4 rings (SSSR count). The van der Waals surface area contributed by atoms with Crippen molar-refractivity contribution in [1.82, 2.24) is 0 Å². The molecule has 0 heteroatoms. The number of fused-ring (bicyclic) bond motifs is 5. The van der Waals surface area contributed by atoms with Crippen molar-refractivity contribution in [2.24, 2.45) is 34.0 Å². The van der Waals surface area contributed by atoms with Gasteiger partial charge in [0.25, 0.3) is 0 Å². The molecule has 0 radical (unpaired) electrons. The van der Waals surface area contributed by atoms with Crippen molar-refractivity contribution in [3.05, 3.63) is 35.5 Å². The minimum absolute atomic E-state index is 0.341. The predicted octanol–water partition coefficient (Wildman–Crippen LogP) is 7.09. The summed E-state index contributed by atoms with van der Waals surface area (Å²) in [7, 11) is 0. The highest BCUT2D eigenvalue weighted by Gasteiger charge is 2.62. The summed E-state index contributed by atoms with van der Waals surface area (Å²) in [5, 5.41) is 0. The zero-order valence-electron chi connectivity index (χ0n) is 16.5. The first-order chi connectivity index (χ1) is 11.2. The molecule has 0 spiro atoms. The summed E-state index contributed by atoms with van der Waals surface area (Å²) in [6.07, 6.45) is 14.9. The molecule has 6 unspecified atom stereocenters. The van der Waals surface area contributed by atoms with Crippen LogP contribution in [0.15, 0.2) is 35.5 Å². The SMILES string of the molecule is C=C(C)C1(C)CCC2C3C=C(C)C4=CCCCC4(C)C3CCC21C. The monoisotopic (exact) mass is 324 g/mol. The van der Waals surface area contributed by atoms with E-state index >= 15 is 0 Å². The third-order valence-electron chi connectivity index (χ3n) is 9.43. The number of hydrogen-bond acceptors (Lipinski definition) is 0. The summed E-state index contributed by atoms with van der Waals surface area (Å²) in [6, 6.07) is 0. The Labute approximate surface area is 149 Å². The Hall–Kier alpha value is -0.780. The lowest BCUT2D eigenvalue weighted by atomic mass is 9.45. The van der Waals surface area contributed by atoms with Crippen LogP contribution in [0.5, 0.6) is 0 Å². The Morgan fingerprint density at radius 3 is 2.50 bits per heavy atom. The van der Waals surface area contributed by atoms with E-state index in [1.54, 1.807) is 11.1 Å². The second-order valence-corrected chi connectivity index (χ2v) is 10.2. The average molecular weight is 325 g/mol. The lowest BCUT2D eigenvalue weighted by Gasteiger charge is -2.59. The highest BCUT2D eigenvalue weighted by molar-refractivity contribution is 5.42. The molecule has 0 bridgehead atoms. The van der Waals surface area contributed by atoms with Gasteiger partial charge in [0.2, 0.25) is 0 Å². The van der Waals surface area contributed by atoms with Crippen LogP contribution in [0, 0.1) is 34.0 Å². The normalized spacial score (nSPS) is 50.3. The third-order valence-corrected chi connectivity index (χ3v) is 9.43. The van der Waals surface area contributed by atoms with Gasteiger partial charge in [0.15, 0.2) is 0 Å². The van der Waals surface area contributed by atoms with Crippen LogP contribution in [0.3, 0.4) is 0 Å². The van der Waals surface area contributed by atoms with Gasteiger partial charge in [-0.1, -0.05) is 50.6 Å². The molecular formula is C24H36. The van der Waals surface area contributed by atoms with Crippen molar-refractivity contribution in [1.29, 1.82) is 0 Å². The smallest absolute Gasteiger partial charge is 0.00419 e. The molecule has 0 saturated heterocycles. The van der Waals surface area contributed by atoms with Crippen LogP contribution in [0.25, 0.3) is 0 Å². The molecule has 0 aromatic heterocycles. The van der Waals surface area contributed by atoms with Crippen LogP contribution in [-0.4, -0.2) is 0 Å². The first-order valence-electron chi connectivity index (χ1n) is 10.3. The molecule has 0 heterocycles. The number of allylic oxidation sites excluding steroid dienone is 5. The minimum Gasteiger partial charge on any atom is -0.0996 e. The fraction of sp³-hybridized carbons (Fsp3) is 0.750. The Kier molecular flexibility index (Phi) is 3.56. The Bertz CT molecular complexity index is 634. The number of rotatable bonds is 1. The van der Waals surface area contributed by atoms with E-state index in [-0.39, 0.29) is 0 Å². The Balaban J connectivity index is 1.79. The quantitative estimate of drug-likeness (QED) is 0.452. The molecule has 24 heavy (non-hydrogen) atoms. The summed E-state index contributed by atoms with van der Waals surface area (Å²) in [4.78, 5) is 0. The maximum absolute atomic E-state index is 4.42. The van der Waals surface area contributed by atoms with Gasteiger partial charge in [0.05, 0.1) is 0 Å². The maximum atomic E-state index is 4.42. The molecule has 0 aliphatic heterocycles. The van der Waals surface area contributed by atoms with Gasteiger partial charge in [-0.15, -0.1) is 0 Å². The van der Waals surface area contributed by atoms with E-state index in [9.17, 15) is 0 Å². The van der Waals surface area contributed by atoms with Crippen molar-refractivity contribution >= 4 is 0 Å². The standard InChI is InChI=1S/C24H36/c1-16(2)23(5)13-11-21-18-15-17(3)19-9-7-8-12-22(19,4)20(18)10-14-24(21,23)6/h9,15,18,20-21H,1,7-8,10-14H2,2-6H3. The van der Waals surface area contributed by atoms with Gasteiger partial charge in [-0.3, -0.25) is 0 Å². The van der Waals surface area contributed by atoms with Crippen molar-refractivity contribution in [2.75, 3.05) is 0 Å². The third kappa shape index (κ3) is 1.86. The van der Waals surface area contributed by atoms with Gasteiger partial charge in [-0.2, -0.15) is 0 Å². The number of hydrogen-bond donors (Lipinski definition) is 0. The summed E-state index contributed by atoms with van der Waals surface area (Å²) < 4.78 is 0. The van der Waals surface area contributed by atoms with Crippen molar-refractivity contribution < 1.29 is 0 Å². The molecule has 0 nitrogen and oxygen atoms in total. The van der Waals surface area contributed by atoms with Crippen molar-refractivity contribution in [3.63, 3.8) is 0 Å². The summed E-state index contributed by atoms with van der Waals surface area (Å²) in [5.41, 5.74) is 5.97. The fourth-order valence-corrected chi connectivity index (χ4v) is 7.60. The predicted molar refractivity (Wildman–Crippen MR) is 104 cm³/mol. The molecule has 4 aliphatic rings. The van der Waals surface area contributed by atoms with Crippen LogP contribution in [0.2, 0.25) is 0 Å². The first-order valence-corrected chi connectivity index (χ1v) is 10.3. The second-order valence-electron chi connectivity index (χ2n) is 10.2. The van der Waals surface area contributed by atoms with Crippen molar-refractivity contribution in [2.45, 2.75) is 79.6 Å². The first kappa shape index (κ1) is 16.7. The molecule has 0 N–H and O–H groups in total. The summed E-state index contributed by atoms with van der Waals surface area (Å²) >= 11 is 0. The van der Waals surface area contributed by atoms with Crippen LogP contribution in [-0.2, 0) is 0 Å². The molecule has 2 saturated carbocycles. The van der Waals surface area contributed by atoms with Gasteiger partial charge in [-0.05, 0) is 98.4 Å². The van der Waals surface area contributed by atoms with E-state index in [4.69, 9.17) is 0 Å². The van der Waals surface area contributed by atoms with E-state index in [2.05, 4.69) is 53.3 Å². The van der Waals surface area contributed by atoms with E-state index in [0.29, 0.717) is 16.2 Å². The van der Waals surface area contributed by atoms with E-state index in [0.717, 1.165) is 17.8 Å². The van der Waals surface area contributed by atoms with Gasteiger partial charge in [0, 0.05) is 0 Å². The molecule has 6 atom stereocenters. The Morgan fingerprint density at radius 2 is 1.79 bits per heavy atom. The molecule has 0 amide bonds. The van der Waals surface area contributed by atoms with Crippen LogP contribution < -0.4 is 0 Å². The van der Waals surface area contributed by atoms with E-state index < -0.39 is 0 Å². The molecule has 0 aromatic rings. The summed E-state index contributed by atoms with van der Waals surface area (Å²) in [5.74, 6) is 2.52. The molecule has 132 valence electrons. The van der Waals surface area contributed by atoms with Gasteiger partial charge in [0.1, 0.15) is 0 Å². The second kappa shape index (κ2) is 5.12. The highest BCUT2D eigenvalue weighted by atomic mass is 14.7. The minimum atomic E-state index is 0.341. The maximum Gasteiger partial charge on any atom is -0.00419 e. The zero-order chi connectivity index (χ0) is 17.3. The largest absolute Gasteiger partial charge is 0.0996 e. The topological polar surface area (TPSA) is 0 Å². The molecule has 4 aliphatic carbocycles. The van der Waals surface area contributed by atoms with Crippen molar-refractivity contribution in [3.8, 4) is 0 Å².